The Kier molecular flexibility index (Phi) is 65.9. The molecule has 0 unspecified atom stereocenters. The van der Waals surface area contributed by atoms with Crippen LogP contribution >= 0.6 is 154 Å². The van der Waals surface area contributed by atoms with E-state index in [4.69, 9.17) is 167 Å². The summed E-state index contributed by atoms with van der Waals surface area (Å²) < 4.78 is 108. The number of amides is 2. The average Bonchev–Trinajstić information content (AvgIpc) is 0.890. The number of benzene rings is 9. The van der Waals surface area contributed by atoms with E-state index >= 15 is 0 Å². The number of methoxy groups -OCH3 is 11. The first-order valence-corrected chi connectivity index (χ1v) is 49.3. The van der Waals surface area contributed by atoms with Crippen molar-refractivity contribution in [3.05, 3.63) is 215 Å². The number of aliphatic hydroxyl groups is 1. The molecule has 738 valence electrons. The number of hydrogen-bond donors (Lipinski definition) is 11. The van der Waals surface area contributed by atoms with Crippen LogP contribution in [0.25, 0.3) is 43.8 Å². The summed E-state index contributed by atoms with van der Waals surface area (Å²) >= 11 is 43.4. The number of aromatic nitrogens is 6. The summed E-state index contributed by atoms with van der Waals surface area (Å²) in [5.41, 5.74) is 37.9. The number of nitrogens with one attached hydrogen (secondary N) is 1. The number of ether oxygens (including phenoxy) is 12. The Balaban J connectivity index is 0. The second-order valence-corrected chi connectivity index (χ2v) is 38.9. The number of urea groups is 1. The molecule has 13 rings (SSSR count). The van der Waals surface area contributed by atoms with Gasteiger partial charge in [-0.1, -0.05) is 6.07 Å². The number of carboxylic acid groups (broad SMARTS) is 1. The SMILES string of the molecule is C1CCOC1.COc1cc(N)c(C=O)cc1Br.COc1cc(OC)cc(-c2cc3cnc(Cl)nc3cc2OC)c1.COc1cc(OC)cc(B(O)O)c1.COc1cc2[nH]c(=O)ncc2cc1Br.COc1cc2nc(Cl)ncc2cc1Br.COc1ccc(C(=O)O)c(N)c1.COc1ccc(C=O)c(N)c1.COc1ccc(CO)c(N)c1.ClCCl.NC(N)=O.O=P(Cl)(Cl)Cl.O=S(=O)(Cl)Cl.[B].[O]=[Mn]=[O]. The van der Waals surface area contributed by atoms with Crippen molar-refractivity contribution in [1.29, 1.82) is 0 Å². The summed E-state index contributed by atoms with van der Waals surface area (Å²) in [6, 6.07) is 38.5. The van der Waals surface area contributed by atoms with Gasteiger partial charge in [0.2, 0.25) is 10.6 Å². The zero-order valence-electron chi connectivity index (χ0n) is 73.3. The Labute approximate surface area is 857 Å². The normalized spacial score (nSPS) is 10.2. The van der Waals surface area contributed by atoms with Crippen LogP contribution < -0.4 is 97.7 Å². The first kappa shape index (κ1) is 128. The fourth-order valence-corrected chi connectivity index (χ4v) is 11.5. The van der Waals surface area contributed by atoms with Gasteiger partial charge in [0.1, 0.15) is 63.2 Å². The third-order valence-electron chi connectivity index (χ3n) is 15.7. The Morgan fingerprint density at radius 3 is 1.26 bits per heavy atom. The zero-order valence-corrected chi connectivity index (χ0v) is 87.8. The molecule has 17 N–H and O–H groups in total. The van der Waals surface area contributed by atoms with E-state index in [0.717, 1.165) is 82.6 Å². The van der Waals surface area contributed by atoms with E-state index < -0.39 is 47.4 Å². The Hall–Kier alpha value is -9.80. The molecule has 4 heterocycles. The van der Waals surface area contributed by atoms with Crippen LogP contribution in [0.3, 0.4) is 0 Å². The standard InChI is InChI=1S/C17H15ClN2O3.C9H6BrClN2O.C9H7BrN2O2.C8H11BO4.C8H8BrNO2.C8H9NO3.C8H11NO2.C8H9NO2.C4H8O.CH2Cl2.CH4N2O.B.Cl3OP.Cl2O2S.Mn.2O/c1-21-12-4-10(5-13(7-12)22-2)14-6-11-9-19-17(18)20-15(11)8-16(14)23-3;1-14-8-3-7-5(2-6(8)10)4-12-9(11)13-7;1-14-8-3-7-5(2-6(8)10)4-11-9(13)12-7;1-12-7-3-6(9(10)11)4-8(5-7)13-2;1-12-8-3-7(10)5(4-11)2-6(8)9;1-12-5-2-3-6(8(10)11)7(9)4-5;2*1-11-7-3-2-6(5-10)8(9)4-7;1-2-4-5-3-1;2-1-3;2-1(3)4;;2*1-5(2,3)4;;;/h4-9H,1-3H3;2-4H,1H3;2-4H,1H3,(H,11,12,13);3-5,10-11H,1-2H3;2-4H,10H2,1H3;2-4H,9H2,1H3,(H,10,11);2-4,10H,5,9H2,1H3;2-5H,9H2,1H3;1-4H2;1H2;(H4,2,3,4);;;;;;. The maximum atomic E-state index is 10.9. The molecule has 0 spiro atoms. The van der Waals surface area contributed by atoms with Gasteiger partial charge < -0.3 is 116 Å². The Morgan fingerprint density at radius 1 is 0.529 bits per heavy atom. The van der Waals surface area contributed by atoms with Gasteiger partial charge in [-0.25, -0.2) is 39.3 Å². The van der Waals surface area contributed by atoms with Crippen molar-refractivity contribution in [2.24, 2.45) is 11.5 Å². The van der Waals surface area contributed by atoms with Gasteiger partial charge in [0.15, 0.2) is 12.6 Å². The third kappa shape index (κ3) is 52.7. The molecule has 136 heavy (non-hydrogen) atoms. The van der Waals surface area contributed by atoms with E-state index in [-0.39, 0.29) is 47.9 Å². The third-order valence-corrected chi connectivity index (χ3v) is 17.9. The number of carboxylic acids is 1. The molecule has 0 aliphatic carbocycles. The fourth-order valence-electron chi connectivity index (χ4n) is 9.60. The molecular weight excluding hydrogens is 2260 g/mol. The number of H-pyrrole nitrogens is 1. The molecule has 3 aromatic heterocycles. The number of aromatic carboxylic acids is 1. The number of alkyl halides is 2. The topological polar surface area (TPSA) is 599 Å². The first-order valence-electron chi connectivity index (χ1n) is 36.5. The van der Waals surface area contributed by atoms with Gasteiger partial charge in [0, 0.05) is 177 Å². The summed E-state index contributed by atoms with van der Waals surface area (Å²) in [6.07, 6.45) is 8.87. The number of halogens is 12. The predicted octanol–water partition coefficient (Wildman–Crippen LogP) is 16.9. The van der Waals surface area contributed by atoms with Crippen molar-refractivity contribution < 1.29 is 132 Å². The average molecular weight is 2350 g/mol. The number of nitrogens with two attached hydrogens (primary N) is 6. The molecule has 0 bridgehead atoms. The van der Waals surface area contributed by atoms with Crippen molar-refractivity contribution >= 4 is 264 Å². The van der Waals surface area contributed by atoms with Crippen LogP contribution in [-0.2, 0) is 46.7 Å². The number of fused-ring (bicyclic) bond motifs is 3. The van der Waals surface area contributed by atoms with Crippen molar-refractivity contribution in [3.63, 3.8) is 0 Å². The zero-order chi connectivity index (χ0) is 103. The van der Waals surface area contributed by atoms with Gasteiger partial charge in [-0.05, 0) is 207 Å². The molecule has 38 nitrogen and oxygen atoms in total. The number of anilines is 4. The predicted molar refractivity (Wildman–Crippen MR) is 539 cm³/mol. The second-order valence-electron chi connectivity index (χ2n) is 24.3. The van der Waals surface area contributed by atoms with Crippen molar-refractivity contribution in [1.82, 2.24) is 29.9 Å². The molecule has 1 fully saturated rings. The number of rotatable bonds is 17. The Morgan fingerprint density at radius 2 is 0.890 bits per heavy atom. The van der Waals surface area contributed by atoms with Crippen LogP contribution in [0.5, 0.6) is 63.2 Å². The van der Waals surface area contributed by atoms with Crippen LogP contribution in [0, 0.1) is 0 Å². The van der Waals surface area contributed by atoms with Gasteiger partial charge in [0.25, 0.3) is 0 Å². The first-order chi connectivity index (χ1) is 63.7. The van der Waals surface area contributed by atoms with E-state index in [1.807, 2.05) is 48.5 Å². The molecule has 0 atom stereocenters. The van der Waals surface area contributed by atoms with Gasteiger partial charge in [-0.15, -0.1) is 23.2 Å². The van der Waals surface area contributed by atoms with Gasteiger partial charge in [-0.3, -0.25) is 14.2 Å². The van der Waals surface area contributed by atoms with Crippen LogP contribution in [-0.4, -0.2) is 195 Å². The van der Waals surface area contributed by atoms with Crippen molar-refractivity contribution in [2.75, 3.05) is 120 Å². The van der Waals surface area contributed by atoms with Crippen LogP contribution in [0.15, 0.2) is 176 Å². The van der Waals surface area contributed by atoms with Gasteiger partial charge >= 0.3 is 60.8 Å². The Bertz CT molecular complexity index is 5990. The van der Waals surface area contributed by atoms with Crippen LogP contribution in [0.2, 0.25) is 10.6 Å². The van der Waals surface area contributed by atoms with Crippen LogP contribution in [0.1, 0.15) is 49.5 Å². The minimum atomic E-state index is -3.72. The summed E-state index contributed by atoms with van der Waals surface area (Å²) in [6.45, 7) is 1.97. The number of nitrogens with zero attached hydrogens (tertiary/aromatic N) is 5. The number of carbonyl (C=O) groups excluding carboxylic acids is 3. The van der Waals surface area contributed by atoms with Crippen LogP contribution in [0.4, 0.5) is 27.5 Å². The summed E-state index contributed by atoms with van der Waals surface area (Å²) in [7, 11) is 20.5. The number of nitrogen functional groups attached to an aromatic ring is 4. The van der Waals surface area contributed by atoms with E-state index in [1.54, 1.807) is 136 Å². The summed E-state index contributed by atoms with van der Waals surface area (Å²) in [4.78, 5) is 73.7. The van der Waals surface area contributed by atoms with Gasteiger partial charge in [-0.2, -0.15) is 8.42 Å². The summed E-state index contributed by atoms with van der Waals surface area (Å²) in [5, 5.41) is 35.2. The monoisotopic (exact) mass is 2340 g/mol. The number of hydrogen-bond acceptors (Lipinski definition) is 34. The van der Waals surface area contributed by atoms with E-state index in [1.165, 1.54) is 64.6 Å². The molecule has 0 saturated carbocycles. The minimum absolute atomic E-state index is 0. The molecule has 1 aliphatic heterocycles. The molecule has 12 aromatic rings. The van der Waals surface area contributed by atoms with Gasteiger partial charge in [0.05, 0.1) is 126 Å². The quantitative estimate of drug-likeness (QED) is 0.00767. The van der Waals surface area contributed by atoms with E-state index in [9.17, 15) is 23.7 Å². The number of primary amides is 2. The maximum absolute atomic E-state index is 10.9. The van der Waals surface area contributed by atoms with Crippen molar-refractivity contribution in [2.45, 2.75) is 19.4 Å². The molecule has 1 aliphatic rings. The molecule has 1 saturated heterocycles. The molecule has 2 amide bonds. The number of aldehydes is 2. The number of carbonyl (C=O) groups is 4. The van der Waals surface area contributed by atoms with E-state index in [0.29, 0.717) is 103 Å². The number of aliphatic hydroxyl groups excluding tert-OH is 1. The molecule has 55 heteroatoms. The number of aromatic amines is 1. The second kappa shape index (κ2) is 69.9. The van der Waals surface area contributed by atoms with Crippen molar-refractivity contribution in [3.8, 4) is 74.4 Å². The molecule has 3 radical (unpaired) electrons. The fraction of sp³-hybridized carbons (Fsp3) is 0.210. The summed E-state index contributed by atoms with van der Waals surface area (Å²) in [5.74, 6) is 6.07. The molecular formula is C81H90B2Br3Cl9MnN12O26PS. The molecule has 9 aromatic carbocycles. The van der Waals surface area contributed by atoms with E-state index in [2.05, 4.69) is 144 Å².